The number of benzene rings is 1. The van der Waals surface area contributed by atoms with Gasteiger partial charge in [-0.3, -0.25) is 0 Å². The molecule has 0 heterocycles. The molecule has 0 amide bonds. The third-order valence-electron chi connectivity index (χ3n) is 0.667. The molecule has 4 radical (unpaired) electrons. The summed E-state index contributed by atoms with van der Waals surface area (Å²) >= 11 is 0. The normalized spacial score (nSPS) is 7.20. The Labute approximate surface area is 108 Å². The van der Waals surface area contributed by atoms with E-state index in [0.29, 0.717) is 0 Å². The van der Waals surface area contributed by atoms with Gasteiger partial charge < -0.3 is 0 Å². The van der Waals surface area contributed by atoms with Crippen LogP contribution in [0.1, 0.15) is 21.8 Å². The standard InChI is InChI=1S/C6H6.C2H3F3.2CH4.Ag.B/c1-2-4-6-5-3-1;1-2(3,4)5;;;;/h1-6H;1H3;2*1H4;;. The van der Waals surface area contributed by atoms with E-state index in [-0.39, 0.29) is 52.6 Å². The molecule has 0 fully saturated rings. The number of halogens is 3. The van der Waals surface area contributed by atoms with Gasteiger partial charge in [0.05, 0.1) is 0 Å². The van der Waals surface area contributed by atoms with Crippen LogP contribution in [0.3, 0.4) is 0 Å². The van der Waals surface area contributed by atoms with E-state index < -0.39 is 6.18 Å². The molecule has 0 aliphatic carbocycles. The second-order valence-corrected chi connectivity index (χ2v) is 1.94. The monoisotopic (exact) mass is 312 g/mol. The topological polar surface area (TPSA) is 0 Å². The molecule has 1 aromatic carbocycles. The van der Waals surface area contributed by atoms with Gasteiger partial charge in [-0.1, -0.05) is 51.3 Å². The van der Waals surface area contributed by atoms with Crippen LogP contribution in [-0.2, 0) is 22.4 Å². The molecule has 0 aliphatic rings. The maximum Gasteiger partial charge on any atom is 0.386 e. The Morgan fingerprint density at radius 1 is 0.733 bits per heavy atom. The van der Waals surface area contributed by atoms with Crippen molar-refractivity contribution < 1.29 is 35.6 Å². The van der Waals surface area contributed by atoms with E-state index in [9.17, 15) is 13.2 Å². The molecular formula is C10H17AgBF3. The molecule has 0 atom stereocenters. The first-order chi connectivity index (χ1) is 5.00. The smallest absolute Gasteiger partial charge is 0.172 e. The largest absolute Gasteiger partial charge is 0.386 e. The van der Waals surface area contributed by atoms with Crippen LogP contribution < -0.4 is 0 Å². The van der Waals surface area contributed by atoms with Crippen molar-refractivity contribution in [2.24, 2.45) is 0 Å². The summed E-state index contributed by atoms with van der Waals surface area (Å²) in [7, 11) is 0. The van der Waals surface area contributed by atoms with E-state index in [0.717, 1.165) is 0 Å². The van der Waals surface area contributed by atoms with Gasteiger partial charge >= 0.3 is 6.18 Å². The summed E-state index contributed by atoms with van der Waals surface area (Å²) in [6.07, 6.45) is -4.00. The Hall–Kier alpha value is -0.185. The predicted octanol–water partition coefficient (Wildman–Crippen LogP) is 4.14. The Balaban J connectivity index is -0.0000000356. The van der Waals surface area contributed by atoms with Crippen molar-refractivity contribution in [3.05, 3.63) is 36.4 Å². The van der Waals surface area contributed by atoms with Crippen molar-refractivity contribution in [3.8, 4) is 0 Å². The second-order valence-electron chi connectivity index (χ2n) is 1.94. The van der Waals surface area contributed by atoms with Gasteiger partial charge in [-0.05, 0) is 0 Å². The molecular weight excluding hydrogens is 296 g/mol. The van der Waals surface area contributed by atoms with Gasteiger partial charge in [-0.25, -0.2) is 0 Å². The first-order valence-corrected chi connectivity index (χ1v) is 3.07. The second kappa shape index (κ2) is 16.3. The maximum absolute atomic E-state index is 10.4. The molecule has 1 rings (SSSR count). The zero-order valence-electron chi connectivity index (χ0n) is 6.98. The third-order valence-corrected chi connectivity index (χ3v) is 0.667. The van der Waals surface area contributed by atoms with Gasteiger partial charge in [0, 0.05) is 37.7 Å². The Morgan fingerprint density at radius 2 is 0.800 bits per heavy atom. The zero-order chi connectivity index (χ0) is 8.74. The van der Waals surface area contributed by atoms with Gasteiger partial charge in [0.1, 0.15) is 0 Å². The van der Waals surface area contributed by atoms with E-state index in [1.54, 1.807) is 0 Å². The fourth-order valence-corrected chi connectivity index (χ4v) is 0.385. The molecule has 0 aromatic heterocycles. The van der Waals surface area contributed by atoms with Crippen LogP contribution in [0.25, 0.3) is 0 Å². The van der Waals surface area contributed by atoms with Gasteiger partial charge in [-0.2, -0.15) is 13.2 Å². The molecule has 0 N–H and O–H groups in total. The Kier molecular flexibility index (Phi) is 31.8. The van der Waals surface area contributed by atoms with Crippen molar-refractivity contribution in [1.82, 2.24) is 0 Å². The average Bonchev–Trinajstić information content (AvgIpc) is 1.88. The van der Waals surface area contributed by atoms with Crippen LogP contribution in [-0.4, -0.2) is 14.6 Å². The SMILES string of the molecule is C.C.CC(F)(F)F.[Ag].[B].c1ccccc1. The van der Waals surface area contributed by atoms with Crippen molar-refractivity contribution >= 4 is 8.41 Å². The van der Waals surface area contributed by atoms with Crippen LogP contribution in [0.2, 0.25) is 0 Å². The summed E-state index contributed by atoms with van der Waals surface area (Å²) in [6.45, 7) is 0.188. The van der Waals surface area contributed by atoms with Gasteiger partial charge in [0.15, 0.2) is 0 Å². The molecule has 0 bridgehead atoms. The van der Waals surface area contributed by atoms with Gasteiger partial charge in [-0.15, -0.1) is 0 Å². The number of rotatable bonds is 0. The minimum absolute atomic E-state index is 0. The Morgan fingerprint density at radius 3 is 0.867 bits per heavy atom. The van der Waals surface area contributed by atoms with E-state index in [1.165, 1.54) is 0 Å². The van der Waals surface area contributed by atoms with E-state index in [4.69, 9.17) is 0 Å². The van der Waals surface area contributed by atoms with E-state index >= 15 is 0 Å². The zero-order valence-corrected chi connectivity index (χ0v) is 8.46. The molecule has 0 unspecified atom stereocenters. The molecule has 5 heteroatoms. The fraction of sp³-hybridized carbons (Fsp3) is 0.400. The molecule has 0 aliphatic heterocycles. The van der Waals surface area contributed by atoms with Crippen LogP contribution in [0, 0.1) is 0 Å². The minimum Gasteiger partial charge on any atom is -0.172 e. The van der Waals surface area contributed by atoms with Gasteiger partial charge in [0.2, 0.25) is 0 Å². The molecule has 0 saturated heterocycles. The van der Waals surface area contributed by atoms with E-state index in [1.807, 2.05) is 36.4 Å². The molecule has 92 valence electrons. The summed E-state index contributed by atoms with van der Waals surface area (Å²) in [4.78, 5) is 0. The fourth-order valence-electron chi connectivity index (χ4n) is 0.385. The molecule has 0 spiro atoms. The molecule has 0 saturated carbocycles. The molecule has 1 aromatic rings. The number of alkyl halides is 3. The summed E-state index contributed by atoms with van der Waals surface area (Å²) < 4.78 is 31.1. The number of hydrogen-bond donors (Lipinski definition) is 0. The van der Waals surface area contributed by atoms with Crippen molar-refractivity contribution in [2.45, 2.75) is 28.0 Å². The summed E-state index contributed by atoms with van der Waals surface area (Å²) in [6, 6.07) is 12.0. The van der Waals surface area contributed by atoms with Crippen molar-refractivity contribution in [2.75, 3.05) is 0 Å². The van der Waals surface area contributed by atoms with Crippen LogP contribution in [0.15, 0.2) is 36.4 Å². The minimum atomic E-state index is -4.00. The summed E-state index contributed by atoms with van der Waals surface area (Å²) in [5, 5.41) is 0. The van der Waals surface area contributed by atoms with Crippen molar-refractivity contribution in [3.63, 3.8) is 0 Å². The summed E-state index contributed by atoms with van der Waals surface area (Å²) in [5.74, 6) is 0. The van der Waals surface area contributed by atoms with E-state index in [2.05, 4.69) is 0 Å². The third kappa shape index (κ3) is 57.0. The first kappa shape index (κ1) is 29.4. The maximum atomic E-state index is 10.4. The van der Waals surface area contributed by atoms with Crippen LogP contribution >= 0.6 is 0 Å². The van der Waals surface area contributed by atoms with Crippen LogP contribution in [0.5, 0.6) is 0 Å². The van der Waals surface area contributed by atoms with Crippen LogP contribution in [0.4, 0.5) is 13.2 Å². The number of hydrogen-bond acceptors (Lipinski definition) is 0. The quantitative estimate of drug-likeness (QED) is 0.632. The van der Waals surface area contributed by atoms with Crippen molar-refractivity contribution in [1.29, 1.82) is 0 Å². The predicted molar refractivity (Wildman–Crippen MR) is 57.4 cm³/mol. The first-order valence-electron chi connectivity index (χ1n) is 3.07. The Bertz CT molecular complexity index is 145. The molecule has 15 heavy (non-hydrogen) atoms. The molecule has 0 nitrogen and oxygen atoms in total. The summed E-state index contributed by atoms with van der Waals surface area (Å²) in [5.41, 5.74) is 0. The average molecular weight is 313 g/mol. The van der Waals surface area contributed by atoms with Gasteiger partial charge in [0.25, 0.3) is 0 Å².